The Balaban J connectivity index is 1.50. The number of furan rings is 2. The number of hydrogen-bond donors (Lipinski definition) is 1. The van der Waals surface area contributed by atoms with Gasteiger partial charge in [0.1, 0.15) is 23.8 Å². The Morgan fingerprint density at radius 1 is 1.03 bits per heavy atom. The highest BCUT2D eigenvalue weighted by molar-refractivity contribution is 6.01. The van der Waals surface area contributed by atoms with Crippen LogP contribution in [0.5, 0.6) is 0 Å². The van der Waals surface area contributed by atoms with Gasteiger partial charge in [-0.15, -0.1) is 10.2 Å². The zero-order valence-corrected chi connectivity index (χ0v) is 21.2. The molecule has 3 heterocycles. The van der Waals surface area contributed by atoms with Gasteiger partial charge in [-0.05, 0) is 74.7 Å². The summed E-state index contributed by atoms with van der Waals surface area (Å²) in [5.41, 5.74) is 1.45. The van der Waals surface area contributed by atoms with Crippen molar-refractivity contribution >= 4 is 17.5 Å². The molecule has 0 spiro atoms. The molecule has 2 amide bonds. The van der Waals surface area contributed by atoms with Gasteiger partial charge in [0.2, 0.25) is 5.82 Å². The number of carbonyl (C=O) groups is 2. The second-order valence-electron chi connectivity index (χ2n) is 9.44. The number of anilines is 1. The van der Waals surface area contributed by atoms with Crippen molar-refractivity contribution in [3.05, 3.63) is 71.4 Å². The Bertz CT molecular complexity index is 1400. The maximum absolute atomic E-state index is 13.9. The van der Waals surface area contributed by atoms with E-state index in [0.717, 1.165) is 37.0 Å². The Morgan fingerprint density at radius 2 is 1.76 bits per heavy atom. The standard InChI is InChI=1S/C27H30N6O4/c1-17-8-4-7-11-21(17)33(24(34)16-32-30-26(29-31-32)23-15-13-19(3)37-23)25(22-14-12-18(2)36-22)27(35)28-20-9-5-6-10-20/h4,7-8,11-15,20,25H,5-6,9-10,16H2,1-3H3,(H,28,35)/t25-/m1/s1. The molecule has 1 aliphatic rings. The van der Waals surface area contributed by atoms with Gasteiger partial charge in [-0.2, -0.15) is 4.80 Å². The number of amides is 2. The maximum atomic E-state index is 13.9. The number of tetrazole rings is 1. The molecular weight excluding hydrogens is 472 g/mol. The van der Waals surface area contributed by atoms with E-state index in [4.69, 9.17) is 8.83 Å². The van der Waals surface area contributed by atoms with Gasteiger partial charge in [0, 0.05) is 11.7 Å². The van der Waals surface area contributed by atoms with Crippen molar-refractivity contribution in [1.82, 2.24) is 25.5 Å². The van der Waals surface area contributed by atoms with E-state index in [0.29, 0.717) is 23.0 Å². The van der Waals surface area contributed by atoms with Crippen molar-refractivity contribution in [1.29, 1.82) is 0 Å². The van der Waals surface area contributed by atoms with Crippen LogP contribution in [0.15, 0.2) is 57.4 Å². The number of carbonyl (C=O) groups excluding carboxylic acids is 2. The van der Waals surface area contributed by atoms with E-state index >= 15 is 0 Å². The van der Waals surface area contributed by atoms with Crippen molar-refractivity contribution in [3.8, 4) is 11.6 Å². The van der Waals surface area contributed by atoms with E-state index in [2.05, 4.69) is 20.7 Å². The molecule has 1 atom stereocenters. The fraction of sp³-hybridized carbons (Fsp3) is 0.370. The van der Waals surface area contributed by atoms with Crippen LogP contribution in [-0.2, 0) is 16.1 Å². The molecule has 0 bridgehead atoms. The Labute approximate surface area is 214 Å². The van der Waals surface area contributed by atoms with Crippen LogP contribution in [-0.4, -0.2) is 38.1 Å². The van der Waals surface area contributed by atoms with Gasteiger partial charge < -0.3 is 14.2 Å². The van der Waals surface area contributed by atoms with Gasteiger partial charge in [-0.25, -0.2) is 0 Å². The summed E-state index contributed by atoms with van der Waals surface area (Å²) in [5.74, 6) is 1.85. The number of aromatic nitrogens is 4. The molecular formula is C27H30N6O4. The zero-order chi connectivity index (χ0) is 25.9. The third-order valence-corrected chi connectivity index (χ3v) is 6.57. The van der Waals surface area contributed by atoms with Gasteiger partial charge in [-0.3, -0.25) is 14.5 Å². The summed E-state index contributed by atoms with van der Waals surface area (Å²) < 4.78 is 11.5. The van der Waals surface area contributed by atoms with Crippen molar-refractivity contribution in [2.45, 2.75) is 65.1 Å². The molecule has 1 aromatic carbocycles. The first kappa shape index (κ1) is 24.5. The van der Waals surface area contributed by atoms with Crippen LogP contribution in [0.4, 0.5) is 5.69 Å². The van der Waals surface area contributed by atoms with E-state index in [9.17, 15) is 9.59 Å². The average Bonchev–Trinajstić information content (AvgIpc) is 3.67. The zero-order valence-electron chi connectivity index (χ0n) is 21.2. The van der Waals surface area contributed by atoms with E-state index in [1.807, 2.05) is 45.0 Å². The molecule has 0 aliphatic heterocycles. The highest BCUT2D eigenvalue weighted by atomic mass is 16.3. The Hall–Kier alpha value is -4.21. The highest BCUT2D eigenvalue weighted by Gasteiger charge is 2.37. The van der Waals surface area contributed by atoms with Crippen LogP contribution < -0.4 is 10.2 Å². The molecule has 3 aromatic heterocycles. The fourth-order valence-corrected chi connectivity index (χ4v) is 4.74. The summed E-state index contributed by atoms with van der Waals surface area (Å²) in [4.78, 5) is 30.4. The first-order chi connectivity index (χ1) is 17.9. The number of rotatable bonds is 8. The predicted octanol–water partition coefficient (Wildman–Crippen LogP) is 4.28. The van der Waals surface area contributed by atoms with E-state index < -0.39 is 6.04 Å². The monoisotopic (exact) mass is 502 g/mol. The number of aryl methyl sites for hydroxylation is 3. The van der Waals surface area contributed by atoms with Crippen LogP contribution in [0.1, 0.15) is 54.6 Å². The van der Waals surface area contributed by atoms with Gasteiger partial charge in [0.05, 0.1) is 0 Å². The van der Waals surface area contributed by atoms with Gasteiger partial charge in [-0.1, -0.05) is 31.0 Å². The lowest BCUT2D eigenvalue weighted by molar-refractivity contribution is -0.128. The summed E-state index contributed by atoms with van der Waals surface area (Å²) in [6.07, 6.45) is 3.99. The lowest BCUT2D eigenvalue weighted by atomic mass is 10.1. The van der Waals surface area contributed by atoms with Gasteiger partial charge in [0.25, 0.3) is 11.8 Å². The van der Waals surface area contributed by atoms with Gasteiger partial charge >= 0.3 is 0 Å². The number of benzene rings is 1. The lowest BCUT2D eigenvalue weighted by Crippen LogP contribution is -2.47. The van der Waals surface area contributed by atoms with Crippen LogP contribution in [0.2, 0.25) is 0 Å². The molecule has 10 nitrogen and oxygen atoms in total. The first-order valence-electron chi connectivity index (χ1n) is 12.5. The van der Waals surface area contributed by atoms with Crippen molar-refractivity contribution < 1.29 is 18.4 Å². The molecule has 0 unspecified atom stereocenters. The fourth-order valence-electron chi connectivity index (χ4n) is 4.74. The number of hydrogen-bond acceptors (Lipinski definition) is 7. The quantitative estimate of drug-likeness (QED) is 0.382. The highest BCUT2D eigenvalue weighted by Crippen LogP contribution is 2.32. The minimum absolute atomic E-state index is 0.0798. The second-order valence-corrected chi connectivity index (χ2v) is 9.44. The summed E-state index contributed by atoms with van der Waals surface area (Å²) in [5, 5.41) is 15.6. The lowest BCUT2D eigenvalue weighted by Gasteiger charge is -2.31. The van der Waals surface area contributed by atoms with E-state index in [-0.39, 0.29) is 30.2 Å². The topological polar surface area (TPSA) is 119 Å². The molecule has 10 heteroatoms. The number of nitrogens with one attached hydrogen (secondary N) is 1. The summed E-state index contributed by atoms with van der Waals surface area (Å²) in [6.45, 7) is 5.31. The smallest absolute Gasteiger partial charge is 0.251 e. The molecule has 1 aliphatic carbocycles. The summed E-state index contributed by atoms with van der Waals surface area (Å²) >= 11 is 0. The average molecular weight is 503 g/mol. The normalized spacial score (nSPS) is 14.6. The molecule has 4 aromatic rings. The minimum Gasteiger partial charge on any atom is -0.464 e. The first-order valence-corrected chi connectivity index (χ1v) is 12.5. The molecule has 1 N–H and O–H groups in total. The Morgan fingerprint density at radius 3 is 2.43 bits per heavy atom. The summed E-state index contributed by atoms with van der Waals surface area (Å²) in [7, 11) is 0. The molecule has 0 radical (unpaired) electrons. The van der Waals surface area contributed by atoms with Crippen molar-refractivity contribution in [2.24, 2.45) is 0 Å². The number of nitrogens with zero attached hydrogens (tertiary/aromatic N) is 5. The van der Waals surface area contributed by atoms with Gasteiger partial charge in [0.15, 0.2) is 11.8 Å². The molecule has 0 saturated heterocycles. The number of para-hydroxylation sites is 1. The van der Waals surface area contributed by atoms with Crippen LogP contribution in [0, 0.1) is 20.8 Å². The van der Waals surface area contributed by atoms with Crippen LogP contribution >= 0.6 is 0 Å². The molecule has 1 saturated carbocycles. The minimum atomic E-state index is -1.00. The van der Waals surface area contributed by atoms with E-state index in [1.165, 1.54) is 9.70 Å². The van der Waals surface area contributed by atoms with Crippen molar-refractivity contribution in [2.75, 3.05) is 4.90 Å². The second kappa shape index (κ2) is 10.4. The van der Waals surface area contributed by atoms with Crippen LogP contribution in [0.3, 0.4) is 0 Å². The van der Waals surface area contributed by atoms with Crippen LogP contribution in [0.25, 0.3) is 11.6 Å². The Kier molecular flexibility index (Phi) is 6.89. The molecule has 1 fully saturated rings. The molecule has 192 valence electrons. The third-order valence-electron chi connectivity index (χ3n) is 6.57. The molecule has 5 rings (SSSR count). The predicted molar refractivity (Wildman–Crippen MR) is 136 cm³/mol. The summed E-state index contributed by atoms with van der Waals surface area (Å²) in [6, 6.07) is 13.6. The molecule has 37 heavy (non-hydrogen) atoms. The largest absolute Gasteiger partial charge is 0.464 e. The van der Waals surface area contributed by atoms with Crippen molar-refractivity contribution in [3.63, 3.8) is 0 Å². The third kappa shape index (κ3) is 5.32. The SMILES string of the molecule is Cc1ccc(-c2nnn(CC(=O)N(c3ccccc3C)[C@@H](C(=O)NC3CCCC3)c3ccc(C)o3)n2)o1. The maximum Gasteiger partial charge on any atom is 0.251 e. The van der Waals surface area contributed by atoms with E-state index in [1.54, 1.807) is 24.3 Å².